The summed E-state index contributed by atoms with van der Waals surface area (Å²) in [4.78, 5) is 49.0. The first-order valence-corrected chi connectivity index (χ1v) is 15.9. The number of benzene rings is 2. The third-order valence-electron chi connectivity index (χ3n) is 8.09. The SMILES string of the molecule is Cc1cc(Oc2ccccc2)ccc1N1C(=O)Nc2c(C(=O)N[C@@H]3CCCN(C(=O)C(Cl)=CC4CC4)C3)sc3nccc1c23. The van der Waals surface area contributed by atoms with Gasteiger partial charge in [0, 0.05) is 25.3 Å². The number of nitrogens with zero attached hydrogens (tertiary/aromatic N) is 3. The van der Waals surface area contributed by atoms with Gasteiger partial charge < -0.3 is 20.3 Å². The number of hydrogen-bond donors (Lipinski definition) is 2. The molecular formula is C33H30ClN5O4S. The van der Waals surface area contributed by atoms with Gasteiger partial charge in [-0.1, -0.05) is 35.9 Å². The van der Waals surface area contributed by atoms with E-state index < -0.39 is 0 Å². The summed E-state index contributed by atoms with van der Waals surface area (Å²) < 4.78 is 5.98. The van der Waals surface area contributed by atoms with Crippen LogP contribution in [-0.2, 0) is 4.79 Å². The van der Waals surface area contributed by atoms with E-state index in [1.807, 2.05) is 61.5 Å². The number of para-hydroxylation sites is 1. The van der Waals surface area contributed by atoms with Crippen LogP contribution in [0.4, 0.5) is 21.9 Å². The van der Waals surface area contributed by atoms with Crippen LogP contribution in [-0.4, -0.2) is 46.9 Å². The Kier molecular flexibility index (Phi) is 7.47. The van der Waals surface area contributed by atoms with Crippen molar-refractivity contribution in [1.29, 1.82) is 0 Å². The second-order valence-electron chi connectivity index (χ2n) is 11.4. The summed E-state index contributed by atoms with van der Waals surface area (Å²) in [5.74, 6) is 1.29. The van der Waals surface area contributed by atoms with E-state index in [0.717, 1.165) is 37.0 Å². The number of aromatic nitrogens is 1. The lowest BCUT2D eigenvalue weighted by molar-refractivity contribution is -0.127. The summed E-state index contributed by atoms with van der Waals surface area (Å²) in [6.45, 7) is 2.91. The van der Waals surface area contributed by atoms with Crippen LogP contribution in [0.1, 0.15) is 40.9 Å². The Morgan fingerprint density at radius 2 is 1.91 bits per heavy atom. The first-order chi connectivity index (χ1) is 21.4. The number of nitrogens with one attached hydrogen (secondary N) is 2. The number of halogens is 1. The van der Waals surface area contributed by atoms with Gasteiger partial charge in [-0.05, 0) is 80.5 Å². The zero-order valence-electron chi connectivity index (χ0n) is 24.0. The Morgan fingerprint density at radius 1 is 1.09 bits per heavy atom. The molecule has 0 bridgehead atoms. The van der Waals surface area contributed by atoms with Gasteiger partial charge in [-0.25, -0.2) is 9.78 Å². The highest BCUT2D eigenvalue weighted by Crippen LogP contribution is 2.46. The lowest BCUT2D eigenvalue weighted by Gasteiger charge is -2.33. The predicted octanol–water partition coefficient (Wildman–Crippen LogP) is 7.33. The highest BCUT2D eigenvalue weighted by atomic mass is 35.5. The number of anilines is 3. The molecule has 4 heterocycles. The van der Waals surface area contributed by atoms with Gasteiger partial charge in [0.2, 0.25) is 0 Å². The molecule has 4 amide bonds. The van der Waals surface area contributed by atoms with E-state index in [1.54, 1.807) is 22.1 Å². The number of pyridine rings is 1. The highest BCUT2D eigenvalue weighted by Gasteiger charge is 2.35. The molecule has 2 fully saturated rings. The summed E-state index contributed by atoms with van der Waals surface area (Å²) in [7, 11) is 0. The number of amides is 4. The third kappa shape index (κ3) is 5.51. The summed E-state index contributed by atoms with van der Waals surface area (Å²) in [5.41, 5.74) is 2.64. The number of thiophene rings is 1. The van der Waals surface area contributed by atoms with Crippen LogP contribution in [0.15, 0.2) is 71.9 Å². The minimum atomic E-state index is -0.371. The highest BCUT2D eigenvalue weighted by molar-refractivity contribution is 7.21. The molecule has 1 saturated carbocycles. The molecule has 2 aliphatic heterocycles. The van der Waals surface area contributed by atoms with E-state index in [4.69, 9.17) is 16.3 Å². The molecular weight excluding hydrogens is 598 g/mol. The lowest BCUT2D eigenvalue weighted by atomic mass is 10.0. The van der Waals surface area contributed by atoms with Crippen LogP contribution in [0.25, 0.3) is 10.2 Å². The van der Waals surface area contributed by atoms with Crippen molar-refractivity contribution in [2.45, 2.75) is 38.6 Å². The first-order valence-electron chi connectivity index (χ1n) is 14.7. The second-order valence-corrected chi connectivity index (χ2v) is 12.8. The Balaban J connectivity index is 1.12. The smallest absolute Gasteiger partial charge is 0.331 e. The standard InChI is InChI=1S/C33H30ClN5O4S/c1-19-16-23(43-22-7-3-2-4-8-22)11-12-25(19)39-26-13-14-35-31-27(26)28(37-33(39)42)29(44-31)30(40)36-21-6-5-15-38(18-21)32(41)24(34)17-20-9-10-20/h2-4,7-8,11-14,16-17,20-21H,5-6,9-10,15,18H2,1H3,(H,36,40)(H,37,42)/t21-/m1/s1. The fourth-order valence-corrected chi connectivity index (χ4v) is 7.09. The maximum Gasteiger partial charge on any atom is 0.331 e. The van der Waals surface area contributed by atoms with Crippen molar-refractivity contribution in [3.8, 4) is 11.5 Å². The molecule has 0 spiro atoms. The van der Waals surface area contributed by atoms with Crippen molar-refractivity contribution < 1.29 is 19.1 Å². The second kappa shape index (κ2) is 11.6. The van der Waals surface area contributed by atoms with Gasteiger partial charge >= 0.3 is 6.03 Å². The molecule has 9 nitrogen and oxygen atoms in total. The monoisotopic (exact) mass is 627 g/mol. The minimum absolute atomic E-state index is 0.189. The van der Waals surface area contributed by atoms with Crippen LogP contribution in [0.5, 0.6) is 11.5 Å². The van der Waals surface area contributed by atoms with E-state index in [9.17, 15) is 14.4 Å². The Labute approximate surface area is 263 Å². The maximum atomic E-state index is 13.6. The number of carbonyl (C=O) groups is 3. The van der Waals surface area contributed by atoms with E-state index in [-0.39, 0.29) is 28.9 Å². The lowest BCUT2D eigenvalue weighted by Crippen LogP contribution is -2.49. The number of rotatable bonds is 7. The number of allylic oxidation sites excluding steroid dienone is 1. The summed E-state index contributed by atoms with van der Waals surface area (Å²) >= 11 is 7.54. The Hall–Kier alpha value is -4.41. The Bertz CT molecular complexity index is 1820. The van der Waals surface area contributed by atoms with E-state index in [2.05, 4.69) is 15.6 Å². The van der Waals surface area contributed by atoms with Gasteiger partial charge in [-0.15, -0.1) is 11.3 Å². The number of ether oxygens (including phenoxy) is 1. The number of likely N-dealkylation sites (tertiary alicyclic amines) is 1. The molecule has 1 aliphatic carbocycles. The topological polar surface area (TPSA) is 104 Å². The Morgan fingerprint density at radius 3 is 2.68 bits per heavy atom. The number of carbonyl (C=O) groups excluding carboxylic acids is 3. The zero-order valence-corrected chi connectivity index (χ0v) is 25.6. The van der Waals surface area contributed by atoms with Crippen molar-refractivity contribution >= 4 is 68.1 Å². The molecule has 2 N–H and O–H groups in total. The summed E-state index contributed by atoms with van der Waals surface area (Å²) in [6.07, 6.45) is 7.14. The molecule has 4 aromatic rings. The molecule has 0 unspecified atom stereocenters. The summed E-state index contributed by atoms with van der Waals surface area (Å²) in [5, 5.41) is 7.02. The quantitative estimate of drug-likeness (QED) is 0.209. The van der Waals surface area contributed by atoms with Crippen molar-refractivity contribution in [3.63, 3.8) is 0 Å². The molecule has 1 atom stereocenters. The van der Waals surface area contributed by atoms with Crippen molar-refractivity contribution in [2.75, 3.05) is 23.3 Å². The van der Waals surface area contributed by atoms with Gasteiger partial charge in [-0.3, -0.25) is 14.5 Å². The van der Waals surface area contributed by atoms with Crippen LogP contribution in [0, 0.1) is 12.8 Å². The molecule has 3 aliphatic rings. The predicted molar refractivity (Wildman–Crippen MR) is 172 cm³/mol. The van der Waals surface area contributed by atoms with Crippen LogP contribution in [0.3, 0.4) is 0 Å². The largest absolute Gasteiger partial charge is 0.457 e. The maximum absolute atomic E-state index is 13.6. The van der Waals surface area contributed by atoms with Gasteiger partial charge in [0.1, 0.15) is 26.2 Å². The fraction of sp³-hybridized carbons (Fsp3) is 0.273. The number of aryl methyl sites for hydroxylation is 1. The average molecular weight is 628 g/mol. The normalized spacial score (nSPS) is 18.3. The van der Waals surface area contributed by atoms with Crippen LogP contribution >= 0.6 is 22.9 Å². The average Bonchev–Trinajstić information content (AvgIpc) is 3.76. The van der Waals surface area contributed by atoms with Gasteiger partial charge in [0.15, 0.2) is 0 Å². The molecule has 2 aromatic heterocycles. The molecule has 2 aromatic carbocycles. The van der Waals surface area contributed by atoms with Crippen molar-refractivity contribution in [2.24, 2.45) is 5.92 Å². The van der Waals surface area contributed by atoms with Gasteiger partial charge in [0.25, 0.3) is 11.8 Å². The minimum Gasteiger partial charge on any atom is -0.457 e. The van der Waals surface area contributed by atoms with E-state index in [1.165, 1.54) is 11.3 Å². The molecule has 1 saturated heterocycles. The molecule has 7 rings (SSSR count). The van der Waals surface area contributed by atoms with Gasteiger partial charge in [0.05, 0.1) is 22.4 Å². The van der Waals surface area contributed by atoms with E-state index >= 15 is 0 Å². The van der Waals surface area contributed by atoms with Crippen LogP contribution in [0.2, 0.25) is 0 Å². The fourth-order valence-electron chi connectivity index (χ4n) is 5.77. The molecule has 0 radical (unpaired) electrons. The number of urea groups is 1. The van der Waals surface area contributed by atoms with Crippen molar-refractivity contribution in [1.82, 2.24) is 15.2 Å². The van der Waals surface area contributed by atoms with Crippen molar-refractivity contribution in [3.05, 3.63) is 82.3 Å². The molecule has 224 valence electrons. The third-order valence-corrected chi connectivity index (χ3v) is 9.48. The summed E-state index contributed by atoms with van der Waals surface area (Å²) in [6, 6.07) is 16.3. The molecule has 44 heavy (non-hydrogen) atoms. The van der Waals surface area contributed by atoms with Crippen LogP contribution < -0.4 is 20.3 Å². The first kappa shape index (κ1) is 28.4. The number of hydrogen-bond acceptors (Lipinski definition) is 6. The molecule has 11 heteroatoms. The van der Waals surface area contributed by atoms with Gasteiger partial charge in [-0.2, -0.15) is 0 Å². The number of piperidine rings is 1. The van der Waals surface area contributed by atoms with E-state index in [0.29, 0.717) is 56.9 Å². The zero-order chi connectivity index (χ0) is 30.4.